The lowest BCUT2D eigenvalue weighted by molar-refractivity contribution is 0.0953. The molecular formula is C18H17F2N3OS. The molecular weight excluding hydrogens is 344 g/mol. The molecule has 1 amide bonds. The zero-order chi connectivity index (χ0) is 18.0. The van der Waals surface area contributed by atoms with Gasteiger partial charge in [-0.15, -0.1) is 0 Å². The predicted molar refractivity (Wildman–Crippen MR) is 93.1 cm³/mol. The van der Waals surface area contributed by atoms with Crippen molar-refractivity contribution in [3.63, 3.8) is 0 Å². The maximum atomic E-state index is 13.2. The summed E-state index contributed by atoms with van der Waals surface area (Å²) in [6.45, 7) is 3.97. The summed E-state index contributed by atoms with van der Waals surface area (Å²) in [7, 11) is 0. The molecule has 25 heavy (non-hydrogen) atoms. The Hall–Kier alpha value is -2.54. The normalized spacial score (nSPS) is 11.1. The van der Waals surface area contributed by atoms with Gasteiger partial charge >= 0.3 is 0 Å². The summed E-state index contributed by atoms with van der Waals surface area (Å²) in [5.41, 5.74) is 1.07. The van der Waals surface area contributed by atoms with E-state index in [0.717, 1.165) is 6.07 Å². The van der Waals surface area contributed by atoms with Crippen LogP contribution in [0.3, 0.4) is 0 Å². The van der Waals surface area contributed by atoms with Crippen LogP contribution in [0.5, 0.6) is 0 Å². The Labute approximate surface area is 148 Å². The van der Waals surface area contributed by atoms with E-state index in [1.54, 1.807) is 0 Å². The number of hydrogen-bond acceptors (Lipinski definition) is 3. The number of carbonyl (C=O) groups is 1. The third kappa shape index (κ3) is 3.93. The van der Waals surface area contributed by atoms with Gasteiger partial charge in [-0.1, -0.05) is 25.2 Å². The Morgan fingerprint density at radius 1 is 1.20 bits per heavy atom. The number of halogens is 2. The van der Waals surface area contributed by atoms with Gasteiger partial charge in [0, 0.05) is 25.0 Å². The molecule has 0 saturated heterocycles. The van der Waals surface area contributed by atoms with E-state index < -0.39 is 11.6 Å². The highest BCUT2D eigenvalue weighted by molar-refractivity contribution is 7.16. The van der Waals surface area contributed by atoms with Crippen LogP contribution in [-0.2, 0) is 6.54 Å². The van der Waals surface area contributed by atoms with Gasteiger partial charge in [0.2, 0.25) is 0 Å². The minimum absolute atomic E-state index is 0.0435. The van der Waals surface area contributed by atoms with E-state index in [2.05, 4.69) is 10.3 Å². The van der Waals surface area contributed by atoms with Gasteiger partial charge in [0.25, 0.3) is 5.91 Å². The average Bonchev–Trinajstić information content (AvgIpc) is 3.20. The summed E-state index contributed by atoms with van der Waals surface area (Å²) in [4.78, 5) is 17.6. The molecule has 1 N–H and O–H groups in total. The standard InChI is InChI=1S/C18H17F2N3OS/c1-11(2)15-16(25-18(22-15)23-5-3-4-6-23)17(24)21-10-12-7-13(19)9-14(20)8-12/h3-9,11H,10H2,1-2H3,(H,21,24). The van der Waals surface area contributed by atoms with Gasteiger partial charge in [0.15, 0.2) is 5.13 Å². The Kier molecular flexibility index (Phi) is 4.94. The first-order chi connectivity index (χ1) is 11.9. The van der Waals surface area contributed by atoms with Crippen molar-refractivity contribution in [3.8, 4) is 5.13 Å². The van der Waals surface area contributed by atoms with E-state index in [9.17, 15) is 13.6 Å². The minimum Gasteiger partial charge on any atom is -0.347 e. The van der Waals surface area contributed by atoms with Gasteiger partial charge < -0.3 is 9.88 Å². The minimum atomic E-state index is -0.667. The van der Waals surface area contributed by atoms with Crippen molar-refractivity contribution in [2.24, 2.45) is 0 Å². The lowest BCUT2D eigenvalue weighted by atomic mass is 10.1. The SMILES string of the molecule is CC(C)c1nc(-n2cccc2)sc1C(=O)NCc1cc(F)cc(F)c1. The molecule has 0 aliphatic carbocycles. The summed E-state index contributed by atoms with van der Waals surface area (Å²) in [6.07, 6.45) is 3.72. The zero-order valence-corrected chi connectivity index (χ0v) is 14.6. The van der Waals surface area contributed by atoms with Gasteiger partial charge in [0.1, 0.15) is 16.5 Å². The zero-order valence-electron chi connectivity index (χ0n) is 13.8. The fourth-order valence-corrected chi connectivity index (χ4v) is 3.53. The molecule has 0 aliphatic rings. The first-order valence-electron chi connectivity index (χ1n) is 7.81. The monoisotopic (exact) mass is 361 g/mol. The van der Waals surface area contributed by atoms with Crippen LogP contribution in [0.2, 0.25) is 0 Å². The molecule has 0 unspecified atom stereocenters. The second-order valence-electron chi connectivity index (χ2n) is 5.92. The lowest BCUT2D eigenvalue weighted by Gasteiger charge is -2.07. The summed E-state index contributed by atoms with van der Waals surface area (Å²) in [6, 6.07) is 6.97. The number of rotatable bonds is 5. The van der Waals surface area contributed by atoms with Gasteiger partial charge in [-0.25, -0.2) is 13.8 Å². The average molecular weight is 361 g/mol. The summed E-state index contributed by atoms with van der Waals surface area (Å²) in [5.74, 6) is -1.56. The Balaban J connectivity index is 1.81. The van der Waals surface area contributed by atoms with Crippen LogP contribution >= 0.6 is 11.3 Å². The molecule has 1 aromatic carbocycles. The van der Waals surface area contributed by atoms with Crippen molar-refractivity contribution in [1.82, 2.24) is 14.9 Å². The summed E-state index contributed by atoms with van der Waals surface area (Å²) >= 11 is 1.29. The van der Waals surface area contributed by atoms with E-state index >= 15 is 0 Å². The second-order valence-corrected chi connectivity index (χ2v) is 6.89. The van der Waals surface area contributed by atoms with Crippen molar-refractivity contribution in [2.45, 2.75) is 26.3 Å². The fraction of sp³-hybridized carbons (Fsp3) is 0.222. The topological polar surface area (TPSA) is 46.9 Å². The summed E-state index contributed by atoms with van der Waals surface area (Å²) in [5, 5.41) is 3.42. The number of aromatic nitrogens is 2. The molecule has 0 radical (unpaired) electrons. The molecule has 2 aromatic heterocycles. The fourth-order valence-electron chi connectivity index (χ4n) is 2.42. The predicted octanol–water partition coefficient (Wildman–Crippen LogP) is 4.27. The van der Waals surface area contributed by atoms with Crippen LogP contribution in [0.1, 0.15) is 40.7 Å². The van der Waals surface area contributed by atoms with Crippen LogP contribution in [0.4, 0.5) is 8.78 Å². The van der Waals surface area contributed by atoms with Crippen molar-refractivity contribution in [3.05, 3.63) is 70.5 Å². The van der Waals surface area contributed by atoms with Crippen LogP contribution in [0.15, 0.2) is 42.7 Å². The molecule has 0 fully saturated rings. The third-order valence-electron chi connectivity index (χ3n) is 3.60. The van der Waals surface area contributed by atoms with Crippen LogP contribution < -0.4 is 5.32 Å². The number of amides is 1. The number of hydrogen-bond donors (Lipinski definition) is 1. The summed E-state index contributed by atoms with van der Waals surface area (Å²) < 4.78 is 28.3. The first kappa shape index (κ1) is 17.3. The molecule has 0 bridgehead atoms. The maximum Gasteiger partial charge on any atom is 0.263 e. The largest absolute Gasteiger partial charge is 0.347 e. The Bertz CT molecular complexity index is 868. The quantitative estimate of drug-likeness (QED) is 0.738. The Morgan fingerprint density at radius 2 is 1.84 bits per heavy atom. The van der Waals surface area contributed by atoms with Gasteiger partial charge in [-0.3, -0.25) is 4.79 Å². The van der Waals surface area contributed by atoms with E-state index in [4.69, 9.17) is 0 Å². The molecule has 7 heteroatoms. The molecule has 2 heterocycles. The Morgan fingerprint density at radius 3 is 2.44 bits per heavy atom. The molecule has 0 aliphatic heterocycles. The second kappa shape index (κ2) is 7.14. The van der Waals surface area contributed by atoms with Gasteiger partial charge in [-0.2, -0.15) is 0 Å². The first-order valence-corrected chi connectivity index (χ1v) is 8.63. The van der Waals surface area contributed by atoms with Crippen molar-refractivity contribution >= 4 is 17.2 Å². The maximum absolute atomic E-state index is 13.2. The highest BCUT2D eigenvalue weighted by atomic mass is 32.1. The number of thiazole rings is 1. The molecule has 0 spiro atoms. The highest BCUT2D eigenvalue weighted by Crippen LogP contribution is 2.27. The van der Waals surface area contributed by atoms with Crippen molar-refractivity contribution in [1.29, 1.82) is 0 Å². The lowest BCUT2D eigenvalue weighted by Crippen LogP contribution is -2.23. The van der Waals surface area contributed by atoms with Crippen LogP contribution in [0.25, 0.3) is 5.13 Å². The van der Waals surface area contributed by atoms with Gasteiger partial charge in [-0.05, 0) is 35.7 Å². The molecule has 130 valence electrons. The number of benzene rings is 1. The van der Waals surface area contributed by atoms with E-state index in [0.29, 0.717) is 21.3 Å². The van der Waals surface area contributed by atoms with E-state index in [1.165, 1.54) is 23.5 Å². The van der Waals surface area contributed by atoms with Gasteiger partial charge in [0.05, 0.1) is 5.69 Å². The molecule has 0 saturated carbocycles. The van der Waals surface area contributed by atoms with E-state index in [-0.39, 0.29) is 18.4 Å². The molecule has 3 rings (SSSR count). The molecule has 0 atom stereocenters. The van der Waals surface area contributed by atoms with Crippen molar-refractivity contribution in [2.75, 3.05) is 0 Å². The number of nitrogens with one attached hydrogen (secondary N) is 1. The van der Waals surface area contributed by atoms with Crippen LogP contribution in [-0.4, -0.2) is 15.5 Å². The third-order valence-corrected chi connectivity index (χ3v) is 4.68. The smallest absolute Gasteiger partial charge is 0.263 e. The number of carbonyl (C=O) groups excluding carboxylic acids is 1. The molecule has 3 aromatic rings. The van der Waals surface area contributed by atoms with E-state index in [1.807, 2.05) is 42.9 Å². The highest BCUT2D eigenvalue weighted by Gasteiger charge is 2.20. The van der Waals surface area contributed by atoms with Crippen molar-refractivity contribution < 1.29 is 13.6 Å². The number of nitrogens with zero attached hydrogens (tertiary/aromatic N) is 2. The van der Waals surface area contributed by atoms with Crippen LogP contribution in [0, 0.1) is 11.6 Å². The molecule has 4 nitrogen and oxygen atoms in total.